The first-order valence-corrected chi connectivity index (χ1v) is 16.5. The van der Waals surface area contributed by atoms with E-state index >= 15 is 0 Å². The molecule has 1 fully saturated rings. The van der Waals surface area contributed by atoms with E-state index in [1.807, 2.05) is 46.4 Å². The molecule has 1 unspecified atom stereocenters. The van der Waals surface area contributed by atoms with E-state index in [4.69, 9.17) is 16.6 Å². The second kappa shape index (κ2) is 13.2. The number of para-hydroxylation sites is 1. The fourth-order valence-corrected chi connectivity index (χ4v) is 7.09. The summed E-state index contributed by atoms with van der Waals surface area (Å²) in [5.74, 6) is -0.603. The van der Waals surface area contributed by atoms with Crippen LogP contribution in [0.25, 0.3) is 11.3 Å². The number of nitrogens with zero attached hydrogens (tertiary/aromatic N) is 3. The number of rotatable bonds is 7. The van der Waals surface area contributed by atoms with Crippen LogP contribution >= 0.6 is 22.9 Å². The van der Waals surface area contributed by atoms with Crippen molar-refractivity contribution in [2.24, 2.45) is 0 Å². The van der Waals surface area contributed by atoms with E-state index in [0.717, 1.165) is 75.9 Å². The highest BCUT2D eigenvalue weighted by atomic mass is 35.5. The topological polar surface area (TPSA) is 65.5 Å². The number of carbonyl (C=O) groups is 2. The van der Waals surface area contributed by atoms with Crippen molar-refractivity contribution in [2.45, 2.75) is 72.8 Å². The Kier molecular flexibility index (Phi) is 9.54. The second-order valence-electron chi connectivity index (χ2n) is 11.6. The van der Waals surface area contributed by atoms with Crippen LogP contribution in [0.4, 0.5) is 5.69 Å². The highest BCUT2D eigenvalue weighted by Gasteiger charge is 2.43. The molecule has 1 N–H and O–H groups in total. The Morgan fingerprint density at radius 1 is 1.07 bits per heavy atom. The van der Waals surface area contributed by atoms with Crippen LogP contribution in [0, 0.1) is 0 Å². The molecule has 0 radical (unpaired) electrons. The summed E-state index contributed by atoms with van der Waals surface area (Å²) in [5, 5.41) is 6.78. The Morgan fingerprint density at radius 3 is 2.35 bits per heavy atom. The van der Waals surface area contributed by atoms with Crippen molar-refractivity contribution in [1.82, 2.24) is 15.2 Å². The molecule has 0 bridgehead atoms. The minimum Gasteiger partial charge on any atom is -0.334 e. The number of allylic oxidation sites excluding steroid dienone is 2. The standard InChI is InChI=1S/C35H41ClN4O2S/c1-7-24-10-9-11-25(8-2)32(24)40-31(23(6)21(3)4)28(34(41)39-17-16-37-19-22(39)5)18-29(35(40)42)33-38-30(20-43-33)26-12-14-27(36)15-13-26/h9-15,20,22,29,37H,7-8,16-19H2,1-6H3/t22-,29?/m1/s1. The van der Waals surface area contributed by atoms with Crippen LogP contribution in [-0.2, 0) is 22.4 Å². The molecule has 2 aliphatic heterocycles. The normalized spacial score (nSPS) is 19.2. The van der Waals surface area contributed by atoms with Gasteiger partial charge in [-0.15, -0.1) is 11.3 Å². The number of halogens is 1. The minimum absolute atomic E-state index is 0.00797. The van der Waals surface area contributed by atoms with Crippen molar-refractivity contribution >= 4 is 40.4 Å². The molecule has 0 saturated carbocycles. The number of anilines is 1. The van der Waals surface area contributed by atoms with Crippen molar-refractivity contribution in [3.8, 4) is 11.3 Å². The summed E-state index contributed by atoms with van der Waals surface area (Å²) in [6, 6.07) is 13.9. The lowest BCUT2D eigenvalue weighted by atomic mass is 9.85. The zero-order valence-corrected chi connectivity index (χ0v) is 27.5. The van der Waals surface area contributed by atoms with Gasteiger partial charge < -0.3 is 10.2 Å². The zero-order chi connectivity index (χ0) is 30.8. The Hall–Kier alpha value is -3.26. The van der Waals surface area contributed by atoms with Gasteiger partial charge in [0.25, 0.3) is 5.91 Å². The van der Waals surface area contributed by atoms with Crippen LogP contribution in [0.2, 0.25) is 5.02 Å². The number of carbonyl (C=O) groups excluding carboxylic acids is 2. The smallest absolute Gasteiger partial charge is 0.252 e. The van der Waals surface area contributed by atoms with E-state index < -0.39 is 5.92 Å². The molecule has 1 saturated heterocycles. The number of nitrogens with one attached hydrogen (secondary N) is 1. The Balaban J connectivity index is 1.74. The van der Waals surface area contributed by atoms with Crippen LogP contribution in [0.15, 0.2) is 70.3 Å². The summed E-state index contributed by atoms with van der Waals surface area (Å²) >= 11 is 7.61. The van der Waals surface area contributed by atoms with Crippen LogP contribution < -0.4 is 10.2 Å². The van der Waals surface area contributed by atoms with E-state index in [1.54, 1.807) is 0 Å². The third-order valence-corrected chi connectivity index (χ3v) is 9.92. The summed E-state index contributed by atoms with van der Waals surface area (Å²) in [5.41, 5.74) is 8.31. The Bertz CT molecular complexity index is 1560. The van der Waals surface area contributed by atoms with Gasteiger partial charge in [-0.25, -0.2) is 4.98 Å². The summed E-state index contributed by atoms with van der Waals surface area (Å²) in [6.07, 6.45) is 1.86. The molecule has 0 aliphatic carbocycles. The highest BCUT2D eigenvalue weighted by Crippen LogP contribution is 2.44. The lowest BCUT2D eigenvalue weighted by Crippen LogP contribution is -2.54. The van der Waals surface area contributed by atoms with Gasteiger partial charge in [-0.2, -0.15) is 0 Å². The van der Waals surface area contributed by atoms with Gasteiger partial charge in [-0.1, -0.05) is 61.4 Å². The third kappa shape index (κ3) is 6.08. The van der Waals surface area contributed by atoms with Gasteiger partial charge in [0.1, 0.15) is 5.01 Å². The zero-order valence-electron chi connectivity index (χ0n) is 26.0. The van der Waals surface area contributed by atoms with E-state index in [1.165, 1.54) is 11.3 Å². The molecule has 3 heterocycles. The van der Waals surface area contributed by atoms with Crippen LogP contribution in [-0.4, -0.2) is 47.4 Å². The molecular weight excluding hydrogens is 576 g/mol. The molecule has 2 atom stereocenters. The molecule has 6 nitrogen and oxygen atoms in total. The average Bonchev–Trinajstić information content (AvgIpc) is 3.50. The number of aryl methyl sites for hydroxylation is 2. The highest BCUT2D eigenvalue weighted by molar-refractivity contribution is 7.10. The number of hydrogen-bond acceptors (Lipinski definition) is 5. The lowest BCUT2D eigenvalue weighted by molar-refractivity contribution is -0.130. The van der Waals surface area contributed by atoms with E-state index in [9.17, 15) is 9.59 Å². The molecule has 5 rings (SSSR count). The first-order valence-electron chi connectivity index (χ1n) is 15.2. The molecule has 1 aromatic heterocycles. The van der Waals surface area contributed by atoms with E-state index in [0.29, 0.717) is 23.6 Å². The van der Waals surface area contributed by atoms with Gasteiger partial charge in [0.15, 0.2) is 0 Å². The predicted octanol–water partition coefficient (Wildman–Crippen LogP) is 7.54. The fraction of sp³-hybridized carbons (Fsp3) is 0.400. The quantitative estimate of drug-likeness (QED) is 0.298. The molecule has 0 spiro atoms. The Morgan fingerprint density at radius 2 is 1.74 bits per heavy atom. The van der Waals surface area contributed by atoms with Gasteiger partial charge >= 0.3 is 0 Å². The molecule has 8 heteroatoms. The monoisotopic (exact) mass is 616 g/mol. The predicted molar refractivity (Wildman–Crippen MR) is 178 cm³/mol. The second-order valence-corrected chi connectivity index (χ2v) is 13.0. The maximum Gasteiger partial charge on any atom is 0.252 e. The largest absolute Gasteiger partial charge is 0.334 e. The molecule has 2 amide bonds. The van der Waals surface area contributed by atoms with E-state index in [2.05, 4.69) is 58.1 Å². The molecule has 3 aromatic rings. The molecular formula is C35H41ClN4O2S. The van der Waals surface area contributed by atoms with Crippen molar-refractivity contribution < 1.29 is 9.59 Å². The van der Waals surface area contributed by atoms with Crippen LogP contribution in [0.1, 0.15) is 70.0 Å². The maximum atomic E-state index is 14.9. The number of thiazole rings is 1. The molecule has 226 valence electrons. The van der Waals surface area contributed by atoms with Crippen LogP contribution in [0.3, 0.4) is 0 Å². The number of piperazine rings is 1. The van der Waals surface area contributed by atoms with Gasteiger partial charge in [0.2, 0.25) is 5.91 Å². The summed E-state index contributed by atoms with van der Waals surface area (Å²) in [7, 11) is 0. The maximum absolute atomic E-state index is 14.9. The van der Waals surface area contributed by atoms with E-state index in [-0.39, 0.29) is 17.9 Å². The van der Waals surface area contributed by atoms with Crippen molar-refractivity contribution in [3.05, 3.63) is 91.4 Å². The van der Waals surface area contributed by atoms with Gasteiger partial charge in [0, 0.05) is 47.2 Å². The minimum atomic E-state index is -0.577. The van der Waals surface area contributed by atoms with Gasteiger partial charge in [-0.05, 0) is 75.8 Å². The lowest BCUT2D eigenvalue weighted by Gasteiger charge is -2.41. The number of benzene rings is 2. The average molecular weight is 617 g/mol. The first kappa shape index (κ1) is 31.2. The Labute approximate surface area is 264 Å². The summed E-state index contributed by atoms with van der Waals surface area (Å²) in [6.45, 7) is 14.6. The van der Waals surface area contributed by atoms with Crippen molar-refractivity contribution in [2.75, 3.05) is 24.5 Å². The third-order valence-electron chi connectivity index (χ3n) is 8.71. The molecule has 2 aromatic carbocycles. The first-order chi connectivity index (χ1) is 20.7. The number of amides is 2. The van der Waals surface area contributed by atoms with Gasteiger partial charge in [0.05, 0.1) is 23.0 Å². The SMILES string of the molecule is CCc1cccc(CC)c1N1C(=O)C(c2nc(-c3ccc(Cl)cc3)cs2)CC(C(=O)N2CCNC[C@H]2C)=C1C(C)=C(C)C. The van der Waals surface area contributed by atoms with Gasteiger partial charge in [-0.3, -0.25) is 14.5 Å². The summed E-state index contributed by atoms with van der Waals surface area (Å²) < 4.78 is 0. The number of hydrogen-bond donors (Lipinski definition) is 1. The van der Waals surface area contributed by atoms with Crippen molar-refractivity contribution in [3.63, 3.8) is 0 Å². The summed E-state index contributed by atoms with van der Waals surface area (Å²) in [4.78, 5) is 38.3. The number of aromatic nitrogens is 1. The molecule has 2 aliphatic rings. The fourth-order valence-electron chi connectivity index (χ4n) is 6.04. The molecule has 43 heavy (non-hydrogen) atoms. The van der Waals surface area contributed by atoms with Crippen molar-refractivity contribution in [1.29, 1.82) is 0 Å². The van der Waals surface area contributed by atoms with Crippen LogP contribution in [0.5, 0.6) is 0 Å².